The maximum Gasteiger partial charge on any atom is 0.341 e. The summed E-state index contributed by atoms with van der Waals surface area (Å²) >= 11 is 0. The van der Waals surface area contributed by atoms with Crippen LogP contribution in [0.25, 0.3) is 10.9 Å². The van der Waals surface area contributed by atoms with E-state index in [2.05, 4.69) is 15.0 Å². The number of hydrogen-bond acceptors (Lipinski definition) is 6. The number of sulfonamides is 1. The number of amides is 1. The Morgan fingerprint density at radius 2 is 1.68 bits per heavy atom. The molecule has 1 atom stereocenters. The lowest BCUT2D eigenvalue weighted by Gasteiger charge is -2.17. The van der Waals surface area contributed by atoms with Crippen LogP contribution >= 0.6 is 0 Å². The lowest BCUT2D eigenvalue weighted by molar-refractivity contribution is -0.123. The largest absolute Gasteiger partial charge is 0.449 e. The van der Waals surface area contributed by atoms with Crippen LogP contribution in [0.2, 0.25) is 0 Å². The number of rotatable bonds is 8. The molecule has 0 bridgehead atoms. The summed E-state index contributed by atoms with van der Waals surface area (Å²) in [4.78, 5) is 30.3. The summed E-state index contributed by atoms with van der Waals surface area (Å²) in [5, 5.41) is 3.50. The lowest BCUT2D eigenvalue weighted by atomic mass is 10.0. The van der Waals surface area contributed by atoms with Crippen LogP contribution in [0.4, 0.5) is 5.69 Å². The normalized spacial score (nSPS) is 12.5. The molecule has 2 aromatic carbocycles. The van der Waals surface area contributed by atoms with E-state index in [1.54, 1.807) is 13.8 Å². The number of aromatic nitrogens is 1. The van der Waals surface area contributed by atoms with Gasteiger partial charge in [-0.15, -0.1) is 0 Å². The van der Waals surface area contributed by atoms with Crippen molar-refractivity contribution in [2.45, 2.75) is 58.1 Å². The summed E-state index contributed by atoms with van der Waals surface area (Å²) in [6.07, 6.45) is -0.536. The minimum atomic E-state index is -3.63. The Balaban J connectivity index is 1.73. The van der Waals surface area contributed by atoms with Gasteiger partial charge in [-0.1, -0.05) is 25.1 Å². The third kappa shape index (κ3) is 5.60. The molecule has 2 N–H and O–H groups in total. The van der Waals surface area contributed by atoms with E-state index in [0.29, 0.717) is 23.4 Å². The number of para-hydroxylation sites is 1. The Morgan fingerprint density at radius 1 is 1.03 bits per heavy atom. The van der Waals surface area contributed by atoms with Gasteiger partial charge in [0.1, 0.15) is 0 Å². The smallest absolute Gasteiger partial charge is 0.341 e. The van der Waals surface area contributed by atoms with Crippen molar-refractivity contribution in [3.63, 3.8) is 0 Å². The summed E-state index contributed by atoms with van der Waals surface area (Å²) in [5.74, 6) is -1.15. The molecule has 0 aliphatic carbocycles. The molecule has 3 rings (SSSR count). The van der Waals surface area contributed by atoms with E-state index >= 15 is 0 Å². The number of fused-ring (bicyclic) bond motifs is 1. The average molecular weight is 484 g/mol. The molecular weight excluding hydrogens is 454 g/mol. The van der Waals surface area contributed by atoms with Crippen molar-refractivity contribution in [1.29, 1.82) is 0 Å². The zero-order valence-electron chi connectivity index (χ0n) is 19.9. The maximum absolute atomic E-state index is 13.0. The third-order valence-electron chi connectivity index (χ3n) is 5.24. The van der Waals surface area contributed by atoms with Crippen LogP contribution in [-0.4, -0.2) is 37.4 Å². The fourth-order valence-electron chi connectivity index (χ4n) is 3.58. The van der Waals surface area contributed by atoms with Gasteiger partial charge in [0.05, 0.1) is 21.7 Å². The van der Waals surface area contributed by atoms with Crippen LogP contribution in [-0.2, 0) is 26.0 Å². The van der Waals surface area contributed by atoms with Crippen LogP contribution in [0.5, 0.6) is 0 Å². The Bertz CT molecular complexity index is 1320. The summed E-state index contributed by atoms with van der Waals surface area (Å²) < 4.78 is 32.4. The van der Waals surface area contributed by atoms with Crippen LogP contribution < -0.4 is 10.0 Å². The maximum atomic E-state index is 13.0. The number of nitrogens with one attached hydrogen (secondary N) is 2. The fraction of sp³-hybridized carbons (Fsp3) is 0.320. The molecule has 1 heterocycles. The first kappa shape index (κ1) is 25.3. The highest BCUT2D eigenvalue weighted by Gasteiger charge is 2.24. The lowest BCUT2D eigenvalue weighted by Crippen LogP contribution is -2.31. The molecule has 0 fully saturated rings. The number of aryl methyl sites for hydroxylation is 2. The molecule has 34 heavy (non-hydrogen) atoms. The van der Waals surface area contributed by atoms with Gasteiger partial charge in [0, 0.05) is 17.1 Å². The van der Waals surface area contributed by atoms with Crippen LogP contribution in [0.15, 0.2) is 53.4 Å². The molecular formula is C25H29N3O5S. The van der Waals surface area contributed by atoms with Gasteiger partial charge in [-0.2, -0.15) is 0 Å². The van der Waals surface area contributed by atoms with E-state index in [1.165, 1.54) is 31.2 Å². The fourth-order valence-corrected chi connectivity index (χ4v) is 4.83. The summed E-state index contributed by atoms with van der Waals surface area (Å²) in [7, 11) is -3.63. The van der Waals surface area contributed by atoms with Gasteiger partial charge in [0.25, 0.3) is 5.91 Å². The number of carbonyl (C=O) groups is 2. The zero-order chi connectivity index (χ0) is 25.0. The predicted octanol–water partition coefficient (Wildman–Crippen LogP) is 3.98. The summed E-state index contributed by atoms with van der Waals surface area (Å²) in [6, 6.07) is 13.1. The molecule has 0 saturated carbocycles. The zero-order valence-corrected chi connectivity index (χ0v) is 20.7. The molecule has 8 nitrogen and oxygen atoms in total. The number of carbonyl (C=O) groups excluding carboxylic acids is 2. The minimum absolute atomic E-state index is 0.0880. The van der Waals surface area contributed by atoms with Gasteiger partial charge in [-0.05, 0) is 70.0 Å². The van der Waals surface area contributed by atoms with E-state index in [4.69, 9.17) is 4.74 Å². The number of nitrogens with zero attached hydrogens (tertiary/aromatic N) is 1. The van der Waals surface area contributed by atoms with Crippen molar-refractivity contribution < 1.29 is 22.7 Å². The monoisotopic (exact) mass is 483 g/mol. The van der Waals surface area contributed by atoms with Crippen molar-refractivity contribution in [2.75, 3.05) is 5.32 Å². The van der Waals surface area contributed by atoms with Crippen molar-refractivity contribution >= 4 is 38.5 Å². The topological polar surface area (TPSA) is 114 Å². The second kappa shape index (κ2) is 10.3. The van der Waals surface area contributed by atoms with Gasteiger partial charge in [-0.25, -0.2) is 17.9 Å². The van der Waals surface area contributed by atoms with Crippen LogP contribution in [0, 0.1) is 6.92 Å². The first-order valence-corrected chi connectivity index (χ1v) is 12.5. The highest BCUT2D eigenvalue weighted by atomic mass is 32.2. The second-order valence-electron chi connectivity index (χ2n) is 8.27. The molecule has 9 heteroatoms. The summed E-state index contributed by atoms with van der Waals surface area (Å²) in [5.41, 5.74) is 2.92. The Labute approximate surface area is 199 Å². The third-order valence-corrected chi connectivity index (χ3v) is 6.92. The van der Waals surface area contributed by atoms with Gasteiger partial charge in [-0.3, -0.25) is 9.78 Å². The molecule has 0 saturated heterocycles. The number of hydrogen-bond donors (Lipinski definition) is 2. The Hall–Kier alpha value is -3.30. The summed E-state index contributed by atoms with van der Waals surface area (Å²) in [6.45, 7) is 8.69. The first-order chi connectivity index (χ1) is 16.0. The number of anilines is 1. The van der Waals surface area contributed by atoms with E-state index < -0.39 is 28.0 Å². The molecule has 1 unspecified atom stereocenters. The SMILES string of the molecule is CCc1nc2ccccc2c(C)c1C(=O)OC(C)C(=O)Nc1ccc(S(=O)(=O)NC(C)C)cc1. The molecule has 0 aliphatic rings. The van der Waals surface area contributed by atoms with Gasteiger partial charge < -0.3 is 10.1 Å². The van der Waals surface area contributed by atoms with Crippen LogP contribution in [0.1, 0.15) is 49.3 Å². The second-order valence-corrected chi connectivity index (χ2v) is 9.98. The van der Waals surface area contributed by atoms with E-state index in [9.17, 15) is 18.0 Å². The minimum Gasteiger partial charge on any atom is -0.449 e. The number of ether oxygens (including phenoxy) is 1. The van der Waals surface area contributed by atoms with Gasteiger partial charge in [0.15, 0.2) is 6.10 Å². The van der Waals surface area contributed by atoms with E-state index in [0.717, 1.165) is 16.5 Å². The van der Waals surface area contributed by atoms with Crippen molar-refractivity contribution in [1.82, 2.24) is 9.71 Å². The average Bonchev–Trinajstić information content (AvgIpc) is 2.78. The molecule has 0 radical (unpaired) electrons. The molecule has 1 aromatic heterocycles. The van der Waals surface area contributed by atoms with Crippen LogP contribution in [0.3, 0.4) is 0 Å². The molecule has 0 spiro atoms. The highest BCUT2D eigenvalue weighted by Crippen LogP contribution is 2.24. The number of pyridine rings is 1. The molecule has 180 valence electrons. The van der Waals surface area contributed by atoms with Crippen molar-refractivity contribution in [3.8, 4) is 0 Å². The van der Waals surface area contributed by atoms with Gasteiger partial charge >= 0.3 is 5.97 Å². The Morgan fingerprint density at radius 3 is 2.29 bits per heavy atom. The Kier molecular flexibility index (Phi) is 7.68. The van der Waals surface area contributed by atoms with E-state index in [1.807, 2.05) is 38.1 Å². The number of benzene rings is 2. The standard InChI is InChI=1S/C25H29N3O5S/c1-6-21-23(16(4)20-9-7-8-10-22(20)27-21)25(30)33-17(5)24(29)26-18-11-13-19(14-12-18)34(31,32)28-15(2)3/h7-15,17,28H,6H2,1-5H3,(H,26,29). The van der Waals surface area contributed by atoms with Crippen molar-refractivity contribution in [2.24, 2.45) is 0 Å². The quantitative estimate of drug-likeness (QED) is 0.469. The molecule has 3 aromatic rings. The molecule has 0 aliphatic heterocycles. The highest BCUT2D eigenvalue weighted by molar-refractivity contribution is 7.89. The first-order valence-electron chi connectivity index (χ1n) is 11.1. The van der Waals surface area contributed by atoms with Crippen molar-refractivity contribution in [3.05, 3.63) is 65.4 Å². The van der Waals surface area contributed by atoms with E-state index in [-0.39, 0.29) is 10.9 Å². The number of esters is 1. The predicted molar refractivity (Wildman–Crippen MR) is 131 cm³/mol. The van der Waals surface area contributed by atoms with Gasteiger partial charge in [0.2, 0.25) is 10.0 Å². The molecule has 1 amide bonds.